The minimum atomic E-state index is -2.97. The molecule has 3 nitrogen and oxygen atoms in total. The van der Waals surface area contributed by atoms with E-state index in [1.54, 1.807) is 7.05 Å². The molecule has 0 heterocycles. The molecule has 10 heavy (non-hydrogen) atoms. The molecular formula is C6H14NO2S. The third-order valence-corrected chi connectivity index (χ3v) is 2.51. The highest BCUT2D eigenvalue weighted by molar-refractivity contribution is 7.93. The van der Waals surface area contributed by atoms with Crippen LogP contribution in [-0.4, -0.2) is 21.7 Å². The summed E-state index contributed by atoms with van der Waals surface area (Å²) < 4.78 is 21.7. The van der Waals surface area contributed by atoms with Crippen molar-refractivity contribution in [3.05, 3.63) is 5.37 Å². The number of hydrogen-bond donors (Lipinski definition) is 1. The summed E-state index contributed by atoms with van der Waals surface area (Å²) in [5.41, 5.74) is 0. The molecule has 0 fully saturated rings. The molecule has 0 amide bonds. The maximum atomic E-state index is 10.9. The van der Waals surface area contributed by atoms with E-state index in [0.717, 1.165) is 6.42 Å². The van der Waals surface area contributed by atoms with E-state index in [0.29, 0.717) is 11.8 Å². The molecule has 0 saturated heterocycles. The lowest BCUT2D eigenvalue weighted by molar-refractivity contribution is 0.588. The van der Waals surface area contributed by atoms with Crippen LogP contribution in [0.2, 0.25) is 0 Å². The van der Waals surface area contributed by atoms with Gasteiger partial charge < -0.3 is 0 Å². The van der Waals surface area contributed by atoms with Gasteiger partial charge in [-0.3, -0.25) is 5.32 Å². The molecule has 0 aromatic rings. The van der Waals surface area contributed by atoms with E-state index in [1.807, 2.05) is 6.92 Å². The lowest BCUT2D eigenvalue weighted by Gasteiger charge is -2.09. The van der Waals surface area contributed by atoms with E-state index in [1.165, 1.54) is 6.26 Å². The first-order valence-electron chi connectivity index (χ1n) is 3.26. The highest BCUT2D eigenvalue weighted by atomic mass is 32.2. The van der Waals surface area contributed by atoms with Gasteiger partial charge in [0.1, 0.15) is 0 Å². The Morgan fingerprint density at radius 3 is 2.10 bits per heavy atom. The first-order chi connectivity index (χ1) is 4.52. The van der Waals surface area contributed by atoms with Gasteiger partial charge in [0.15, 0.2) is 15.2 Å². The molecular weight excluding hydrogens is 150 g/mol. The topological polar surface area (TPSA) is 46.2 Å². The Hall–Kier alpha value is -0.0900. The monoisotopic (exact) mass is 164 g/mol. The molecule has 1 radical (unpaired) electrons. The van der Waals surface area contributed by atoms with Crippen LogP contribution in [-0.2, 0) is 9.84 Å². The fourth-order valence-corrected chi connectivity index (χ4v) is 1.67. The van der Waals surface area contributed by atoms with Crippen molar-refractivity contribution in [3.63, 3.8) is 0 Å². The summed E-state index contributed by atoms with van der Waals surface area (Å²) in [5, 5.41) is 3.10. The molecule has 0 spiro atoms. The average molecular weight is 164 g/mol. The molecule has 0 unspecified atom stereocenters. The van der Waals surface area contributed by atoms with Crippen molar-refractivity contribution >= 4 is 9.84 Å². The maximum Gasteiger partial charge on any atom is 0.169 e. The Bertz CT molecular complexity index is 174. The summed E-state index contributed by atoms with van der Waals surface area (Å²) in [4.78, 5) is 0. The first kappa shape index (κ1) is 9.91. The zero-order valence-corrected chi connectivity index (χ0v) is 7.46. The summed E-state index contributed by atoms with van der Waals surface area (Å²) in [6, 6.07) is 0. The molecule has 61 valence electrons. The van der Waals surface area contributed by atoms with Gasteiger partial charge in [-0.05, 0) is 13.5 Å². The number of hydrogen-bond acceptors (Lipinski definition) is 3. The fraction of sp³-hybridized carbons (Fsp3) is 0.833. The second kappa shape index (κ2) is 3.93. The Kier molecular flexibility index (Phi) is 3.89. The number of sulfone groups is 1. The fourth-order valence-electron chi connectivity index (χ4n) is 0.723. The van der Waals surface area contributed by atoms with E-state index < -0.39 is 9.84 Å². The Labute approximate surface area is 62.7 Å². The van der Waals surface area contributed by atoms with Crippen LogP contribution in [0.3, 0.4) is 0 Å². The maximum absolute atomic E-state index is 10.9. The van der Waals surface area contributed by atoms with Crippen LogP contribution in [0.5, 0.6) is 0 Å². The third-order valence-electron chi connectivity index (χ3n) is 1.20. The Morgan fingerprint density at radius 2 is 2.00 bits per heavy atom. The van der Waals surface area contributed by atoms with Crippen LogP contribution in [0, 0.1) is 5.37 Å². The molecule has 1 N–H and O–H groups in total. The summed E-state index contributed by atoms with van der Waals surface area (Å²) in [6.07, 6.45) is 2.67. The number of rotatable bonds is 4. The summed E-state index contributed by atoms with van der Waals surface area (Å²) in [5.74, 6) is 0. The molecule has 0 aliphatic heterocycles. The van der Waals surface area contributed by atoms with E-state index in [-0.39, 0.29) is 0 Å². The van der Waals surface area contributed by atoms with E-state index in [4.69, 9.17) is 0 Å². The predicted molar refractivity (Wildman–Crippen MR) is 42.1 cm³/mol. The van der Waals surface area contributed by atoms with Gasteiger partial charge in [0, 0.05) is 6.26 Å². The lowest BCUT2D eigenvalue weighted by atomic mass is 10.3. The molecule has 0 rings (SSSR count). The second-order valence-corrected chi connectivity index (χ2v) is 4.23. The zero-order chi connectivity index (χ0) is 8.20. The smallest absolute Gasteiger partial charge is 0.169 e. The van der Waals surface area contributed by atoms with Crippen LogP contribution in [0.15, 0.2) is 0 Å². The normalized spacial score (nSPS) is 12.4. The lowest BCUT2D eigenvalue weighted by Crippen LogP contribution is -2.24. The van der Waals surface area contributed by atoms with Gasteiger partial charge in [0.05, 0.1) is 0 Å². The van der Waals surface area contributed by atoms with Crippen LogP contribution in [0.4, 0.5) is 0 Å². The molecule has 0 aliphatic carbocycles. The van der Waals surface area contributed by atoms with Crippen molar-refractivity contribution < 1.29 is 8.42 Å². The van der Waals surface area contributed by atoms with Crippen molar-refractivity contribution in [2.45, 2.75) is 19.8 Å². The van der Waals surface area contributed by atoms with Gasteiger partial charge in [0.25, 0.3) is 0 Å². The Morgan fingerprint density at radius 1 is 1.50 bits per heavy atom. The van der Waals surface area contributed by atoms with Crippen molar-refractivity contribution in [1.82, 2.24) is 5.32 Å². The minimum absolute atomic E-state index is 0.426. The highest BCUT2D eigenvalue weighted by Crippen LogP contribution is 2.10. The minimum Gasteiger partial charge on any atom is -0.299 e. The standard InChI is InChI=1S/C6H14NO2S/c1-4-5-6(7-2)10(3,8)9/h7H,4-5H2,1-3H3. The third kappa shape index (κ3) is 3.17. The summed E-state index contributed by atoms with van der Waals surface area (Å²) in [7, 11) is -1.34. The molecule has 0 aromatic heterocycles. The largest absolute Gasteiger partial charge is 0.299 e. The summed E-state index contributed by atoms with van der Waals surface area (Å²) in [6.45, 7) is 1.95. The van der Waals surface area contributed by atoms with E-state index >= 15 is 0 Å². The van der Waals surface area contributed by atoms with Crippen LogP contribution in [0.25, 0.3) is 0 Å². The van der Waals surface area contributed by atoms with E-state index in [9.17, 15) is 8.42 Å². The second-order valence-electron chi connectivity index (χ2n) is 2.20. The van der Waals surface area contributed by atoms with Gasteiger partial charge in [-0.25, -0.2) is 8.42 Å². The molecule has 0 aliphatic rings. The number of nitrogens with one attached hydrogen (secondary N) is 1. The van der Waals surface area contributed by atoms with Crippen LogP contribution < -0.4 is 5.32 Å². The van der Waals surface area contributed by atoms with Gasteiger partial charge >= 0.3 is 0 Å². The van der Waals surface area contributed by atoms with E-state index in [2.05, 4.69) is 5.32 Å². The molecule has 0 saturated carbocycles. The van der Waals surface area contributed by atoms with Gasteiger partial charge in [-0.1, -0.05) is 13.3 Å². The predicted octanol–water partition coefficient (Wildman–Crippen LogP) is 0.540. The van der Waals surface area contributed by atoms with Gasteiger partial charge in [-0.15, -0.1) is 0 Å². The Balaban J connectivity index is 4.08. The quantitative estimate of drug-likeness (QED) is 0.659. The van der Waals surface area contributed by atoms with Crippen molar-refractivity contribution in [1.29, 1.82) is 0 Å². The molecule has 0 aromatic carbocycles. The molecule has 4 heteroatoms. The summed E-state index contributed by atoms with van der Waals surface area (Å²) >= 11 is 0. The first-order valence-corrected chi connectivity index (χ1v) is 5.15. The van der Waals surface area contributed by atoms with Gasteiger partial charge in [-0.2, -0.15) is 0 Å². The molecule has 0 atom stereocenters. The van der Waals surface area contributed by atoms with Gasteiger partial charge in [0.2, 0.25) is 0 Å². The van der Waals surface area contributed by atoms with Crippen LogP contribution in [0.1, 0.15) is 19.8 Å². The highest BCUT2D eigenvalue weighted by Gasteiger charge is 2.17. The van der Waals surface area contributed by atoms with Crippen molar-refractivity contribution in [2.24, 2.45) is 0 Å². The average Bonchev–Trinajstić information content (AvgIpc) is 1.80. The van der Waals surface area contributed by atoms with Crippen LogP contribution >= 0.6 is 0 Å². The molecule has 0 bridgehead atoms. The van der Waals surface area contributed by atoms with Crippen molar-refractivity contribution in [3.8, 4) is 0 Å². The zero-order valence-electron chi connectivity index (χ0n) is 6.64. The van der Waals surface area contributed by atoms with Crippen molar-refractivity contribution in [2.75, 3.05) is 13.3 Å². The SMILES string of the molecule is CCC[C](NC)S(C)(=O)=O.